The Morgan fingerprint density at radius 2 is 1.49 bits per heavy atom. The van der Waals surface area contributed by atoms with Crippen molar-refractivity contribution < 1.29 is 31.1 Å². The summed E-state index contributed by atoms with van der Waals surface area (Å²) in [6, 6.07) is 15.9. The fourth-order valence-electron chi connectivity index (χ4n) is 4.11. The molecule has 0 N–H and O–H groups in total. The van der Waals surface area contributed by atoms with E-state index in [-0.39, 0.29) is 21.3 Å². The van der Waals surface area contributed by atoms with Crippen molar-refractivity contribution in [1.82, 2.24) is 4.57 Å². The Hall–Kier alpha value is -3.19. The van der Waals surface area contributed by atoms with Gasteiger partial charge in [0.25, 0.3) is 0 Å². The zero-order valence-electron chi connectivity index (χ0n) is 18.9. The third-order valence-corrected chi connectivity index (χ3v) is 6.48. The molecule has 192 valence electrons. The molecule has 0 aliphatic rings. The molecule has 37 heavy (non-hydrogen) atoms. The normalized spacial score (nSPS) is 13.9. The Balaban J connectivity index is 1.98. The average Bonchev–Trinajstić information content (AvgIpc) is 3.21. The monoisotopic (exact) mass is 556 g/mol. The molecule has 11 heteroatoms. The van der Waals surface area contributed by atoms with Gasteiger partial charge >= 0.3 is 12.4 Å². The SMILES string of the molecule is CC(OCC(F)(F)F)(c1ccc(C#N)cc1)c1cn(-c2c(Cl)cc(C(F)(F)F)cc2Cl)c2ccccc12. The number of aromatic nitrogens is 1. The maximum absolute atomic E-state index is 13.3. The molecule has 4 aromatic rings. The molecule has 3 nitrogen and oxygen atoms in total. The van der Waals surface area contributed by atoms with E-state index < -0.39 is 30.1 Å². The van der Waals surface area contributed by atoms with Crippen molar-refractivity contribution in [2.24, 2.45) is 0 Å². The van der Waals surface area contributed by atoms with Gasteiger partial charge in [-0.05, 0) is 42.8 Å². The molecule has 1 heterocycles. The fourth-order valence-corrected chi connectivity index (χ4v) is 4.78. The molecule has 0 amide bonds. The number of benzene rings is 3. The zero-order chi connectivity index (χ0) is 27.2. The Labute approximate surface area is 217 Å². The van der Waals surface area contributed by atoms with Gasteiger partial charge in [-0.15, -0.1) is 0 Å². The zero-order valence-corrected chi connectivity index (χ0v) is 20.4. The summed E-state index contributed by atoms with van der Waals surface area (Å²) in [6.07, 6.45) is -7.89. The number of ether oxygens (including phenoxy) is 1. The van der Waals surface area contributed by atoms with Crippen LogP contribution < -0.4 is 0 Å². The van der Waals surface area contributed by atoms with E-state index >= 15 is 0 Å². The second kappa shape index (κ2) is 9.60. The summed E-state index contributed by atoms with van der Waals surface area (Å²) in [5.41, 5.74) is -1.37. The van der Waals surface area contributed by atoms with Gasteiger partial charge in [-0.25, -0.2) is 0 Å². The van der Waals surface area contributed by atoms with Gasteiger partial charge < -0.3 is 9.30 Å². The van der Waals surface area contributed by atoms with Gasteiger partial charge in [0.15, 0.2) is 0 Å². The van der Waals surface area contributed by atoms with E-state index in [2.05, 4.69) is 0 Å². The minimum absolute atomic E-state index is 0.0248. The van der Waals surface area contributed by atoms with Crippen LogP contribution in [0.15, 0.2) is 66.9 Å². The minimum Gasteiger partial charge on any atom is -0.356 e. The topological polar surface area (TPSA) is 37.9 Å². The number of rotatable bonds is 5. The molecule has 0 aliphatic heterocycles. The van der Waals surface area contributed by atoms with Crippen molar-refractivity contribution in [3.8, 4) is 11.8 Å². The number of nitriles is 1. The lowest BCUT2D eigenvalue weighted by molar-refractivity contribution is -0.197. The first-order valence-corrected chi connectivity index (χ1v) is 11.4. The lowest BCUT2D eigenvalue weighted by atomic mass is 9.87. The summed E-state index contributed by atoms with van der Waals surface area (Å²) >= 11 is 12.5. The Morgan fingerprint density at radius 1 is 0.892 bits per heavy atom. The summed E-state index contributed by atoms with van der Waals surface area (Å²) in [7, 11) is 0. The molecule has 0 saturated carbocycles. The predicted molar refractivity (Wildman–Crippen MR) is 128 cm³/mol. The first-order valence-electron chi connectivity index (χ1n) is 10.6. The van der Waals surface area contributed by atoms with Gasteiger partial charge in [-0.2, -0.15) is 31.6 Å². The van der Waals surface area contributed by atoms with Crippen LogP contribution >= 0.6 is 23.2 Å². The highest BCUT2D eigenvalue weighted by Gasteiger charge is 2.39. The van der Waals surface area contributed by atoms with Crippen LogP contribution in [0.2, 0.25) is 10.0 Å². The Bertz CT molecular complexity index is 1480. The quantitative estimate of drug-likeness (QED) is 0.230. The summed E-state index contributed by atoms with van der Waals surface area (Å²) in [6.45, 7) is -0.132. The fraction of sp³-hybridized carbons (Fsp3) is 0.192. The molecule has 0 radical (unpaired) electrons. The van der Waals surface area contributed by atoms with Crippen molar-refractivity contribution in [2.45, 2.75) is 24.9 Å². The van der Waals surface area contributed by atoms with Gasteiger partial charge in [0.05, 0.1) is 38.4 Å². The number of fused-ring (bicyclic) bond motifs is 1. The van der Waals surface area contributed by atoms with Crippen molar-refractivity contribution in [3.63, 3.8) is 0 Å². The maximum atomic E-state index is 13.3. The predicted octanol–water partition coefficient (Wildman–Crippen LogP) is 8.67. The molecule has 0 saturated heterocycles. The Kier molecular flexibility index (Phi) is 6.97. The van der Waals surface area contributed by atoms with E-state index in [1.165, 1.54) is 42.0 Å². The van der Waals surface area contributed by atoms with Crippen LogP contribution in [-0.4, -0.2) is 17.4 Å². The molecular weight excluding hydrogens is 541 g/mol. The minimum atomic E-state index is -4.69. The molecule has 0 aliphatic carbocycles. The summed E-state index contributed by atoms with van der Waals surface area (Å²) in [4.78, 5) is 0. The second-order valence-electron chi connectivity index (χ2n) is 8.34. The van der Waals surface area contributed by atoms with Crippen LogP contribution in [0.4, 0.5) is 26.3 Å². The van der Waals surface area contributed by atoms with Gasteiger partial charge in [0, 0.05) is 17.1 Å². The van der Waals surface area contributed by atoms with E-state index in [0.29, 0.717) is 22.0 Å². The Morgan fingerprint density at radius 3 is 2.03 bits per heavy atom. The number of halogens is 8. The molecule has 4 rings (SSSR count). The summed E-state index contributed by atoms with van der Waals surface area (Å²) < 4.78 is 86.5. The van der Waals surface area contributed by atoms with E-state index in [0.717, 1.165) is 12.1 Å². The van der Waals surface area contributed by atoms with E-state index in [9.17, 15) is 26.3 Å². The molecule has 0 spiro atoms. The van der Waals surface area contributed by atoms with Crippen molar-refractivity contribution >= 4 is 34.1 Å². The second-order valence-corrected chi connectivity index (χ2v) is 9.16. The van der Waals surface area contributed by atoms with Crippen LogP contribution in [-0.2, 0) is 16.5 Å². The van der Waals surface area contributed by atoms with Crippen LogP contribution in [0.3, 0.4) is 0 Å². The first-order chi connectivity index (χ1) is 17.2. The van der Waals surface area contributed by atoms with Gasteiger partial charge in [0.2, 0.25) is 0 Å². The average molecular weight is 557 g/mol. The number of hydrogen-bond acceptors (Lipinski definition) is 2. The highest BCUT2D eigenvalue weighted by Crippen LogP contribution is 2.43. The lowest BCUT2D eigenvalue weighted by Crippen LogP contribution is -2.32. The maximum Gasteiger partial charge on any atom is 0.416 e. The van der Waals surface area contributed by atoms with Crippen LogP contribution in [0.1, 0.15) is 29.2 Å². The molecular formula is C26H16Cl2F6N2O. The smallest absolute Gasteiger partial charge is 0.356 e. The number of nitrogens with zero attached hydrogens (tertiary/aromatic N) is 2. The van der Waals surface area contributed by atoms with E-state index in [1.807, 2.05) is 6.07 Å². The molecule has 3 aromatic carbocycles. The largest absolute Gasteiger partial charge is 0.416 e. The van der Waals surface area contributed by atoms with Gasteiger partial charge in [-0.1, -0.05) is 53.5 Å². The van der Waals surface area contributed by atoms with Crippen LogP contribution in [0.5, 0.6) is 0 Å². The molecule has 0 fully saturated rings. The van der Waals surface area contributed by atoms with Gasteiger partial charge in [-0.3, -0.25) is 0 Å². The third kappa shape index (κ3) is 5.28. The number of para-hydroxylation sites is 1. The van der Waals surface area contributed by atoms with E-state index in [1.54, 1.807) is 24.3 Å². The number of hydrogen-bond donors (Lipinski definition) is 0. The van der Waals surface area contributed by atoms with Crippen molar-refractivity contribution in [1.29, 1.82) is 5.26 Å². The van der Waals surface area contributed by atoms with Gasteiger partial charge in [0.1, 0.15) is 12.2 Å². The lowest BCUT2D eigenvalue weighted by Gasteiger charge is -2.31. The standard InChI is InChI=1S/C26H16Cl2F6N2O/c1-24(37-14-25(29,30)31,16-8-6-15(12-35)7-9-16)19-13-36(22-5-3-2-4-18(19)22)23-20(27)10-17(11-21(23)28)26(32,33)34/h2-11,13H,14H2,1H3. The molecule has 1 atom stereocenters. The van der Waals surface area contributed by atoms with Crippen LogP contribution in [0, 0.1) is 11.3 Å². The number of alkyl halides is 6. The first kappa shape index (κ1) is 26.9. The highest BCUT2D eigenvalue weighted by atomic mass is 35.5. The molecule has 0 bridgehead atoms. The third-order valence-electron chi connectivity index (χ3n) is 5.90. The summed E-state index contributed by atoms with van der Waals surface area (Å²) in [5, 5.41) is 8.98. The molecule has 1 aromatic heterocycles. The van der Waals surface area contributed by atoms with Crippen molar-refractivity contribution in [3.05, 3.63) is 99.2 Å². The highest BCUT2D eigenvalue weighted by molar-refractivity contribution is 6.38. The summed E-state index contributed by atoms with van der Waals surface area (Å²) in [5.74, 6) is 0. The van der Waals surface area contributed by atoms with Crippen molar-refractivity contribution in [2.75, 3.05) is 6.61 Å². The molecule has 1 unspecified atom stereocenters. The van der Waals surface area contributed by atoms with E-state index in [4.69, 9.17) is 33.2 Å². The van der Waals surface area contributed by atoms with Crippen LogP contribution in [0.25, 0.3) is 16.6 Å².